The van der Waals surface area contributed by atoms with Gasteiger partial charge in [0, 0.05) is 17.9 Å². The lowest BCUT2D eigenvalue weighted by Crippen LogP contribution is -2.31. The Balaban J connectivity index is 1.81. The number of aliphatic hydroxyl groups is 1. The maximum Gasteiger partial charge on any atom is 0.337 e. The number of carbonyl (C=O) groups excluding carboxylic acids is 3. The van der Waals surface area contributed by atoms with Gasteiger partial charge in [-0.3, -0.25) is 9.59 Å². The molecule has 2 aromatic rings. The van der Waals surface area contributed by atoms with Crippen LogP contribution in [0.4, 0.5) is 11.4 Å². The van der Waals surface area contributed by atoms with Crippen LogP contribution in [0.2, 0.25) is 0 Å². The Morgan fingerprint density at radius 2 is 1.84 bits per heavy atom. The molecule has 2 amide bonds. The largest absolute Gasteiger partial charge is 0.496 e. The molecule has 1 aliphatic heterocycles. The maximum absolute atomic E-state index is 12.7. The van der Waals surface area contributed by atoms with Gasteiger partial charge in [0.2, 0.25) is 0 Å². The molecule has 1 aliphatic rings. The molecule has 0 aromatic heterocycles. The summed E-state index contributed by atoms with van der Waals surface area (Å²) in [6.07, 6.45) is 0. The third-order valence-electron chi connectivity index (χ3n) is 4.69. The molecular formula is C22H23N3O6. The van der Waals surface area contributed by atoms with Gasteiger partial charge in [0.1, 0.15) is 11.4 Å². The third kappa shape index (κ3) is 4.84. The van der Waals surface area contributed by atoms with Crippen LogP contribution >= 0.6 is 0 Å². The van der Waals surface area contributed by atoms with E-state index in [-0.39, 0.29) is 36.9 Å². The van der Waals surface area contributed by atoms with Gasteiger partial charge in [0.25, 0.3) is 11.8 Å². The van der Waals surface area contributed by atoms with Crippen molar-refractivity contribution in [3.8, 4) is 5.75 Å². The van der Waals surface area contributed by atoms with Crippen LogP contribution in [0.5, 0.6) is 5.75 Å². The number of carbonyl (C=O) groups is 3. The van der Waals surface area contributed by atoms with Crippen LogP contribution in [0.25, 0.3) is 0 Å². The number of para-hydroxylation sites is 1. The zero-order valence-electron chi connectivity index (χ0n) is 17.2. The lowest BCUT2D eigenvalue weighted by atomic mass is 10.1. The molecule has 0 aliphatic carbocycles. The van der Waals surface area contributed by atoms with E-state index in [1.807, 2.05) is 0 Å². The van der Waals surface area contributed by atoms with E-state index in [4.69, 9.17) is 14.6 Å². The van der Waals surface area contributed by atoms with E-state index in [0.717, 1.165) is 0 Å². The van der Waals surface area contributed by atoms with Gasteiger partial charge in [0.05, 0.1) is 38.5 Å². The van der Waals surface area contributed by atoms with Gasteiger partial charge in [-0.25, -0.2) is 4.79 Å². The van der Waals surface area contributed by atoms with Gasteiger partial charge in [-0.05, 0) is 30.3 Å². The first kappa shape index (κ1) is 21.8. The molecule has 1 heterocycles. The summed E-state index contributed by atoms with van der Waals surface area (Å²) in [4.78, 5) is 38.7. The monoisotopic (exact) mass is 425 g/mol. The summed E-state index contributed by atoms with van der Waals surface area (Å²) in [5.74, 6) is -0.951. The molecule has 0 bridgehead atoms. The highest BCUT2D eigenvalue weighted by Crippen LogP contribution is 2.25. The van der Waals surface area contributed by atoms with Crippen molar-refractivity contribution in [2.75, 3.05) is 44.5 Å². The Labute approximate surface area is 179 Å². The van der Waals surface area contributed by atoms with Crippen molar-refractivity contribution >= 4 is 29.2 Å². The van der Waals surface area contributed by atoms with Gasteiger partial charge < -0.3 is 30.1 Å². The molecular weight excluding hydrogens is 402 g/mol. The summed E-state index contributed by atoms with van der Waals surface area (Å²) in [7, 11) is 2.72. The van der Waals surface area contributed by atoms with Gasteiger partial charge in [-0.15, -0.1) is 0 Å². The van der Waals surface area contributed by atoms with E-state index in [1.54, 1.807) is 48.5 Å². The summed E-state index contributed by atoms with van der Waals surface area (Å²) < 4.78 is 10.00. The van der Waals surface area contributed by atoms with Crippen LogP contribution in [0.1, 0.15) is 10.4 Å². The number of esters is 1. The van der Waals surface area contributed by atoms with E-state index in [1.165, 1.54) is 19.1 Å². The van der Waals surface area contributed by atoms with E-state index in [2.05, 4.69) is 10.6 Å². The summed E-state index contributed by atoms with van der Waals surface area (Å²) >= 11 is 0. The first-order chi connectivity index (χ1) is 15.0. The molecule has 0 saturated carbocycles. The lowest BCUT2D eigenvalue weighted by molar-refractivity contribution is -0.136. The second-order valence-electron chi connectivity index (χ2n) is 6.66. The summed E-state index contributed by atoms with van der Waals surface area (Å²) in [5.41, 5.74) is 1.61. The summed E-state index contributed by atoms with van der Waals surface area (Å²) in [5, 5.41) is 14.9. The second kappa shape index (κ2) is 9.77. The molecule has 9 heteroatoms. The molecule has 0 atom stereocenters. The number of rotatable bonds is 8. The molecule has 9 nitrogen and oxygen atoms in total. The molecule has 3 rings (SSSR count). The fourth-order valence-electron chi connectivity index (χ4n) is 3.20. The number of β-amino-alcohol motifs (C(OH)–C–C–N with tert-alkyl or cyclic N) is 1. The van der Waals surface area contributed by atoms with Gasteiger partial charge in [-0.1, -0.05) is 18.2 Å². The molecule has 0 fully saturated rings. The zero-order chi connectivity index (χ0) is 22.4. The highest BCUT2D eigenvalue weighted by atomic mass is 16.5. The van der Waals surface area contributed by atoms with Crippen molar-refractivity contribution in [2.45, 2.75) is 0 Å². The molecule has 162 valence electrons. The SMILES string of the molecule is COC(=O)C1=C(Nc2cccc(NC(=O)c3ccccc3OC)c2)C(=O)N(CCO)C1. The Kier molecular flexibility index (Phi) is 6.88. The van der Waals surface area contributed by atoms with Crippen LogP contribution in [0.15, 0.2) is 59.8 Å². The van der Waals surface area contributed by atoms with Crippen molar-refractivity contribution < 1.29 is 29.0 Å². The molecule has 2 aromatic carbocycles. The number of nitrogens with one attached hydrogen (secondary N) is 2. The van der Waals surface area contributed by atoms with Gasteiger partial charge >= 0.3 is 5.97 Å². The topological polar surface area (TPSA) is 117 Å². The standard InChI is InChI=1S/C22H23N3O6/c1-30-18-9-4-3-8-16(18)20(27)24-15-7-5-6-14(12-15)23-19-17(22(29)31-2)13-25(10-11-26)21(19)28/h3-9,12,23,26H,10-11,13H2,1-2H3,(H,24,27). The van der Waals surface area contributed by atoms with Crippen LogP contribution in [-0.2, 0) is 14.3 Å². The minimum absolute atomic E-state index is 0.0403. The average Bonchev–Trinajstić information content (AvgIpc) is 3.09. The number of nitrogens with zero attached hydrogens (tertiary/aromatic N) is 1. The van der Waals surface area contributed by atoms with E-state index >= 15 is 0 Å². The molecule has 31 heavy (non-hydrogen) atoms. The Morgan fingerprint density at radius 1 is 1.10 bits per heavy atom. The first-order valence-electron chi connectivity index (χ1n) is 9.51. The van der Waals surface area contributed by atoms with E-state index in [9.17, 15) is 14.4 Å². The lowest BCUT2D eigenvalue weighted by Gasteiger charge is -2.15. The quantitative estimate of drug-likeness (QED) is 0.550. The Morgan fingerprint density at radius 3 is 2.55 bits per heavy atom. The van der Waals surface area contributed by atoms with E-state index in [0.29, 0.717) is 22.7 Å². The Bertz CT molecular complexity index is 1030. The minimum Gasteiger partial charge on any atom is -0.496 e. The van der Waals surface area contributed by atoms with Gasteiger partial charge in [0.15, 0.2) is 0 Å². The number of benzene rings is 2. The smallest absolute Gasteiger partial charge is 0.337 e. The highest BCUT2D eigenvalue weighted by molar-refractivity contribution is 6.09. The second-order valence-corrected chi connectivity index (χ2v) is 6.66. The van der Waals surface area contributed by atoms with E-state index < -0.39 is 11.9 Å². The van der Waals surface area contributed by atoms with Crippen molar-refractivity contribution in [1.29, 1.82) is 0 Å². The number of hydrogen-bond donors (Lipinski definition) is 3. The molecule has 0 unspecified atom stereocenters. The van der Waals surface area contributed by atoms with Crippen molar-refractivity contribution in [2.24, 2.45) is 0 Å². The average molecular weight is 425 g/mol. The summed E-state index contributed by atoms with van der Waals surface area (Å²) in [6, 6.07) is 13.6. The van der Waals surface area contributed by atoms with Crippen LogP contribution in [0, 0.1) is 0 Å². The third-order valence-corrected chi connectivity index (χ3v) is 4.69. The maximum atomic E-state index is 12.7. The predicted molar refractivity (Wildman–Crippen MR) is 114 cm³/mol. The Hall–Kier alpha value is -3.85. The fraction of sp³-hybridized carbons (Fsp3) is 0.227. The predicted octanol–water partition coefficient (Wildman–Crippen LogP) is 1.62. The zero-order valence-corrected chi connectivity index (χ0v) is 17.2. The van der Waals surface area contributed by atoms with Crippen molar-refractivity contribution in [1.82, 2.24) is 4.90 Å². The molecule has 0 spiro atoms. The van der Waals surface area contributed by atoms with Crippen LogP contribution in [0.3, 0.4) is 0 Å². The number of ether oxygens (including phenoxy) is 2. The molecule has 0 saturated heterocycles. The fourth-order valence-corrected chi connectivity index (χ4v) is 3.20. The number of hydrogen-bond acceptors (Lipinski definition) is 7. The minimum atomic E-state index is -0.628. The number of methoxy groups -OCH3 is 2. The van der Waals surface area contributed by atoms with Crippen LogP contribution in [-0.4, -0.2) is 61.7 Å². The highest BCUT2D eigenvalue weighted by Gasteiger charge is 2.34. The normalized spacial score (nSPS) is 13.3. The molecule has 0 radical (unpaired) electrons. The number of anilines is 2. The van der Waals surface area contributed by atoms with Gasteiger partial charge in [-0.2, -0.15) is 0 Å². The molecule has 3 N–H and O–H groups in total. The first-order valence-corrected chi connectivity index (χ1v) is 9.51. The van der Waals surface area contributed by atoms with Crippen LogP contribution < -0.4 is 15.4 Å². The number of amides is 2. The van der Waals surface area contributed by atoms with Crippen molar-refractivity contribution in [3.63, 3.8) is 0 Å². The summed E-state index contributed by atoms with van der Waals surface area (Å²) in [6.45, 7) is -0.0872. The number of aliphatic hydroxyl groups excluding tert-OH is 1. The van der Waals surface area contributed by atoms with Crippen molar-refractivity contribution in [3.05, 3.63) is 65.4 Å².